The van der Waals surface area contributed by atoms with Crippen LogP contribution in [0.2, 0.25) is 0 Å². The largest absolute Gasteiger partial charge is 0.484 e. The Morgan fingerprint density at radius 2 is 2.19 bits per heavy atom. The summed E-state index contributed by atoms with van der Waals surface area (Å²) in [4.78, 5) is 11.2. The minimum Gasteiger partial charge on any atom is -0.484 e. The smallest absolute Gasteiger partial charge is 0.405 e. The van der Waals surface area contributed by atoms with Gasteiger partial charge < -0.3 is 15.2 Å². The first-order valence-electron chi connectivity index (χ1n) is 6.62. The molecule has 1 atom stereocenters. The van der Waals surface area contributed by atoms with Crippen LogP contribution in [0.1, 0.15) is 30.1 Å². The number of hydrogen-bond acceptors (Lipinski definition) is 3. The number of aryl methyl sites for hydroxylation is 1. The lowest BCUT2D eigenvalue weighted by Crippen LogP contribution is -2.36. The van der Waals surface area contributed by atoms with Crippen molar-refractivity contribution >= 4 is 5.91 Å². The van der Waals surface area contributed by atoms with Crippen molar-refractivity contribution in [2.45, 2.75) is 31.5 Å². The van der Waals surface area contributed by atoms with Crippen molar-refractivity contribution in [3.8, 4) is 5.75 Å². The highest BCUT2D eigenvalue weighted by atomic mass is 19.4. The number of ether oxygens (including phenoxy) is 1. The van der Waals surface area contributed by atoms with Gasteiger partial charge in [-0.3, -0.25) is 4.79 Å². The van der Waals surface area contributed by atoms with E-state index in [1.807, 2.05) is 0 Å². The number of carbonyl (C=O) groups is 1. The highest BCUT2D eigenvalue weighted by Gasteiger charge is 2.27. The van der Waals surface area contributed by atoms with E-state index in [-0.39, 0.29) is 0 Å². The van der Waals surface area contributed by atoms with E-state index in [0.29, 0.717) is 12.2 Å². The Balaban J connectivity index is 1.89. The molecule has 0 unspecified atom stereocenters. The van der Waals surface area contributed by atoms with Crippen LogP contribution >= 0.6 is 0 Å². The number of aliphatic hydroxyl groups excluding tert-OH is 1. The zero-order valence-corrected chi connectivity index (χ0v) is 11.2. The number of rotatable bonds is 4. The molecule has 1 amide bonds. The Labute approximate surface area is 119 Å². The third-order valence-electron chi connectivity index (χ3n) is 3.26. The maximum atomic E-state index is 11.9. The molecule has 1 aliphatic rings. The molecule has 1 aromatic carbocycles. The Bertz CT molecular complexity index is 517. The average Bonchev–Trinajstić information content (AvgIpc) is 2.43. The van der Waals surface area contributed by atoms with Crippen LogP contribution in [0.3, 0.4) is 0 Å². The molecule has 0 radical (unpaired) electrons. The highest BCUT2D eigenvalue weighted by Crippen LogP contribution is 2.32. The van der Waals surface area contributed by atoms with E-state index in [1.165, 1.54) is 0 Å². The van der Waals surface area contributed by atoms with Gasteiger partial charge in [-0.15, -0.1) is 0 Å². The van der Waals surface area contributed by atoms with Gasteiger partial charge >= 0.3 is 6.18 Å². The minimum atomic E-state index is -4.44. The summed E-state index contributed by atoms with van der Waals surface area (Å²) in [6.45, 7) is -1.87. The topological polar surface area (TPSA) is 58.6 Å². The minimum absolute atomic E-state index is 0.358. The van der Waals surface area contributed by atoms with Gasteiger partial charge in [0.05, 0.1) is 6.10 Å². The van der Waals surface area contributed by atoms with Gasteiger partial charge in [-0.25, -0.2) is 0 Å². The number of carbonyl (C=O) groups excluding carboxylic acids is 1. The van der Waals surface area contributed by atoms with E-state index >= 15 is 0 Å². The van der Waals surface area contributed by atoms with Gasteiger partial charge in [-0.2, -0.15) is 13.2 Å². The maximum Gasteiger partial charge on any atom is 0.405 e. The molecule has 0 fully saturated rings. The van der Waals surface area contributed by atoms with E-state index < -0.39 is 31.3 Å². The number of halogens is 3. The summed E-state index contributed by atoms with van der Waals surface area (Å²) < 4.78 is 40.9. The lowest BCUT2D eigenvalue weighted by molar-refractivity contribution is -0.139. The van der Waals surface area contributed by atoms with Gasteiger partial charge in [0.15, 0.2) is 6.61 Å². The molecule has 0 aromatic heterocycles. The summed E-state index contributed by atoms with van der Waals surface area (Å²) in [7, 11) is 0. The van der Waals surface area contributed by atoms with Crippen LogP contribution in [0.4, 0.5) is 13.2 Å². The van der Waals surface area contributed by atoms with E-state index in [4.69, 9.17) is 4.74 Å². The van der Waals surface area contributed by atoms with Gasteiger partial charge in [-0.1, -0.05) is 6.07 Å². The third kappa shape index (κ3) is 4.63. The average molecular weight is 303 g/mol. The van der Waals surface area contributed by atoms with Crippen LogP contribution in [0.5, 0.6) is 5.75 Å². The molecular formula is C14H16F3NO3. The van der Waals surface area contributed by atoms with Crippen molar-refractivity contribution < 1.29 is 27.8 Å². The summed E-state index contributed by atoms with van der Waals surface area (Å²) in [5.41, 5.74) is 1.79. The molecule has 2 N–H and O–H groups in total. The predicted octanol–water partition coefficient (Wildman–Crippen LogP) is 2.11. The summed E-state index contributed by atoms with van der Waals surface area (Å²) in [6.07, 6.45) is -2.54. The van der Waals surface area contributed by atoms with Crippen LogP contribution in [0.15, 0.2) is 18.2 Å². The molecular weight excluding hydrogens is 287 g/mol. The monoisotopic (exact) mass is 303 g/mol. The molecule has 0 aliphatic heterocycles. The van der Waals surface area contributed by atoms with Crippen LogP contribution in [-0.4, -0.2) is 30.3 Å². The first kappa shape index (κ1) is 15.6. The number of aliphatic hydroxyl groups is 1. The third-order valence-corrected chi connectivity index (χ3v) is 3.26. The van der Waals surface area contributed by atoms with Gasteiger partial charge in [-0.05, 0) is 42.5 Å². The summed E-state index contributed by atoms with van der Waals surface area (Å²) in [5.74, 6) is -0.484. The Morgan fingerprint density at radius 3 is 2.90 bits per heavy atom. The van der Waals surface area contributed by atoms with Crippen LogP contribution in [-0.2, 0) is 11.2 Å². The molecule has 0 bridgehead atoms. The van der Waals surface area contributed by atoms with Crippen molar-refractivity contribution in [3.05, 3.63) is 29.3 Å². The fraction of sp³-hybridized carbons (Fsp3) is 0.500. The Hall–Kier alpha value is -1.76. The Kier molecular flexibility index (Phi) is 4.72. The number of amides is 1. The summed E-state index contributed by atoms with van der Waals surface area (Å²) >= 11 is 0. The van der Waals surface area contributed by atoms with Crippen LogP contribution in [0, 0.1) is 0 Å². The molecule has 1 aliphatic carbocycles. The van der Waals surface area contributed by atoms with E-state index in [9.17, 15) is 23.1 Å². The van der Waals surface area contributed by atoms with Gasteiger partial charge in [0.2, 0.25) is 0 Å². The van der Waals surface area contributed by atoms with Gasteiger partial charge in [0.1, 0.15) is 12.3 Å². The number of fused-ring (bicyclic) bond motifs is 1. The normalized spacial score (nSPS) is 18.0. The fourth-order valence-corrected chi connectivity index (χ4v) is 2.24. The SMILES string of the molecule is O=C(COc1ccc2c(c1)[C@@H](O)CCC2)NCC(F)(F)F. The molecule has 0 saturated carbocycles. The second-order valence-electron chi connectivity index (χ2n) is 4.95. The van der Waals surface area contributed by atoms with Crippen molar-refractivity contribution in [1.82, 2.24) is 5.32 Å². The van der Waals surface area contributed by atoms with Crippen molar-refractivity contribution in [1.29, 1.82) is 0 Å². The zero-order valence-electron chi connectivity index (χ0n) is 11.2. The van der Waals surface area contributed by atoms with E-state index in [1.54, 1.807) is 23.5 Å². The predicted molar refractivity (Wildman–Crippen MR) is 68.9 cm³/mol. The second-order valence-corrected chi connectivity index (χ2v) is 4.95. The lowest BCUT2D eigenvalue weighted by atomic mass is 9.89. The number of nitrogens with one attached hydrogen (secondary N) is 1. The molecule has 0 saturated heterocycles. The van der Waals surface area contributed by atoms with Gasteiger partial charge in [0, 0.05) is 0 Å². The molecule has 2 rings (SSSR count). The first-order valence-corrected chi connectivity index (χ1v) is 6.62. The van der Waals surface area contributed by atoms with Crippen molar-refractivity contribution in [2.75, 3.05) is 13.2 Å². The molecule has 1 aromatic rings. The number of benzene rings is 1. The molecule has 7 heteroatoms. The molecule has 116 valence electrons. The van der Waals surface area contributed by atoms with Crippen molar-refractivity contribution in [2.24, 2.45) is 0 Å². The summed E-state index contributed by atoms with van der Waals surface area (Å²) in [6, 6.07) is 5.09. The fourth-order valence-electron chi connectivity index (χ4n) is 2.24. The Morgan fingerprint density at radius 1 is 1.43 bits per heavy atom. The lowest BCUT2D eigenvalue weighted by Gasteiger charge is -2.21. The van der Waals surface area contributed by atoms with Gasteiger partial charge in [0.25, 0.3) is 5.91 Å². The molecule has 4 nitrogen and oxygen atoms in total. The van der Waals surface area contributed by atoms with Crippen molar-refractivity contribution in [3.63, 3.8) is 0 Å². The standard InChI is InChI=1S/C14H16F3NO3/c15-14(16,17)8-18-13(20)7-21-10-5-4-9-2-1-3-12(19)11(9)6-10/h4-6,12,19H,1-3,7-8H2,(H,18,20)/t12-/m0/s1. The van der Waals surface area contributed by atoms with E-state index in [2.05, 4.69) is 0 Å². The van der Waals surface area contributed by atoms with Crippen LogP contribution in [0.25, 0.3) is 0 Å². The number of hydrogen-bond donors (Lipinski definition) is 2. The number of alkyl halides is 3. The van der Waals surface area contributed by atoms with Crippen LogP contribution < -0.4 is 10.1 Å². The highest BCUT2D eigenvalue weighted by molar-refractivity contribution is 5.77. The molecule has 21 heavy (non-hydrogen) atoms. The quantitative estimate of drug-likeness (QED) is 0.895. The first-order chi connectivity index (χ1) is 9.85. The maximum absolute atomic E-state index is 11.9. The second kappa shape index (κ2) is 6.34. The molecule has 0 spiro atoms. The molecule has 0 heterocycles. The zero-order chi connectivity index (χ0) is 15.5. The van der Waals surface area contributed by atoms with E-state index in [0.717, 1.165) is 24.0 Å². The summed E-state index contributed by atoms with van der Waals surface area (Å²) in [5, 5.41) is 11.6.